The average Bonchev–Trinajstić information content (AvgIpc) is 3.17. The normalized spacial score (nSPS) is 10.5. The fourth-order valence-electron chi connectivity index (χ4n) is 3.10. The second-order valence-electron chi connectivity index (χ2n) is 6.37. The zero-order valence-corrected chi connectivity index (χ0v) is 15.6. The first kappa shape index (κ1) is 18.9. The van der Waals surface area contributed by atoms with E-state index in [2.05, 4.69) is 5.10 Å². The summed E-state index contributed by atoms with van der Waals surface area (Å²) in [4.78, 5) is 23.5. The molecule has 148 valence electrons. The van der Waals surface area contributed by atoms with Crippen molar-refractivity contribution in [3.8, 4) is 28.4 Å². The van der Waals surface area contributed by atoms with E-state index in [1.807, 2.05) is 30.3 Å². The smallest absolute Gasteiger partial charge is 0.357 e. The number of hydrogen-bond donors (Lipinski definition) is 2. The van der Waals surface area contributed by atoms with E-state index in [-0.39, 0.29) is 11.3 Å². The van der Waals surface area contributed by atoms with E-state index < -0.39 is 17.6 Å². The van der Waals surface area contributed by atoms with Crippen molar-refractivity contribution in [3.63, 3.8) is 0 Å². The van der Waals surface area contributed by atoms with Crippen LogP contribution in [0.5, 0.6) is 11.5 Å². The van der Waals surface area contributed by atoms with Gasteiger partial charge in [0.25, 0.3) is 0 Å². The van der Waals surface area contributed by atoms with E-state index in [9.17, 15) is 19.8 Å². The summed E-state index contributed by atoms with van der Waals surface area (Å²) in [5.41, 5.74) is 0.352. The number of carboxylic acid groups (broad SMARTS) is 2. The second-order valence-corrected chi connectivity index (χ2v) is 6.37. The number of carbonyl (C=O) groups is 2. The summed E-state index contributed by atoms with van der Waals surface area (Å²) in [6.45, 7) is 0. The van der Waals surface area contributed by atoms with Gasteiger partial charge in [0, 0.05) is 5.56 Å². The third-order valence-corrected chi connectivity index (χ3v) is 4.41. The Bertz CT molecular complexity index is 1200. The van der Waals surface area contributed by atoms with Crippen molar-refractivity contribution in [2.24, 2.45) is 0 Å². The molecule has 0 saturated carbocycles. The third kappa shape index (κ3) is 3.64. The summed E-state index contributed by atoms with van der Waals surface area (Å²) in [7, 11) is 0. The van der Waals surface area contributed by atoms with Crippen LogP contribution in [0.15, 0.2) is 84.9 Å². The number of aromatic carboxylic acids is 2. The molecule has 7 heteroatoms. The fourth-order valence-corrected chi connectivity index (χ4v) is 3.10. The molecule has 3 aromatic carbocycles. The highest BCUT2D eigenvalue weighted by Gasteiger charge is 2.29. The molecule has 2 N–H and O–H groups in total. The number of hydrogen-bond acceptors (Lipinski definition) is 4. The molecule has 0 saturated heterocycles. The molecule has 0 unspecified atom stereocenters. The van der Waals surface area contributed by atoms with Crippen molar-refractivity contribution in [2.75, 3.05) is 0 Å². The molecule has 0 amide bonds. The molecule has 0 fully saturated rings. The molecule has 0 radical (unpaired) electrons. The molecule has 0 spiro atoms. The van der Waals surface area contributed by atoms with Gasteiger partial charge in [-0.3, -0.25) is 0 Å². The molecular formula is C23H16N2O5. The summed E-state index contributed by atoms with van der Waals surface area (Å²) in [5.74, 6) is -1.51. The van der Waals surface area contributed by atoms with Crippen molar-refractivity contribution in [1.82, 2.24) is 9.78 Å². The molecule has 1 aromatic heterocycles. The first-order chi connectivity index (χ1) is 14.5. The van der Waals surface area contributed by atoms with Crippen LogP contribution in [0.3, 0.4) is 0 Å². The third-order valence-electron chi connectivity index (χ3n) is 4.41. The maximum Gasteiger partial charge on any atom is 0.357 e. The largest absolute Gasteiger partial charge is 0.478 e. The summed E-state index contributed by atoms with van der Waals surface area (Å²) < 4.78 is 7.10. The lowest BCUT2D eigenvalue weighted by Crippen LogP contribution is -2.07. The van der Waals surface area contributed by atoms with Crippen LogP contribution in [0.4, 0.5) is 0 Å². The van der Waals surface area contributed by atoms with E-state index in [1.165, 1.54) is 4.68 Å². The Hall–Kier alpha value is -4.39. The highest BCUT2D eigenvalue weighted by atomic mass is 16.5. The molecule has 0 aliphatic heterocycles. The summed E-state index contributed by atoms with van der Waals surface area (Å²) in [6.07, 6.45) is 0. The van der Waals surface area contributed by atoms with E-state index >= 15 is 0 Å². The lowest BCUT2D eigenvalue weighted by atomic mass is 10.1. The number of nitrogens with zero attached hydrogens (tertiary/aromatic N) is 2. The Balaban J connectivity index is 1.81. The molecular weight excluding hydrogens is 384 g/mol. The first-order valence-electron chi connectivity index (χ1n) is 9.03. The van der Waals surface area contributed by atoms with Crippen LogP contribution in [0, 0.1) is 0 Å². The monoisotopic (exact) mass is 400 g/mol. The zero-order valence-electron chi connectivity index (χ0n) is 15.6. The van der Waals surface area contributed by atoms with E-state index in [0.29, 0.717) is 22.7 Å². The molecule has 7 nitrogen and oxygen atoms in total. The van der Waals surface area contributed by atoms with Gasteiger partial charge in [-0.25, -0.2) is 14.3 Å². The standard InChI is InChI=1S/C23H16N2O5/c26-22(27)19-20(23(28)29)24-25(21(19)15-7-3-1-4-8-15)16-11-13-18(14-12-16)30-17-9-5-2-6-10-17/h1-14H,(H,26,27)(H,28,29). The van der Waals surface area contributed by atoms with Gasteiger partial charge in [0.2, 0.25) is 0 Å². The minimum atomic E-state index is -1.41. The predicted molar refractivity (Wildman–Crippen MR) is 109 cm³/mol. The zero-order chi connectivity index (χ0) is 21.1. The SMILES string of the molecule is O=C(O)c1nn(-c2ccc(Oc3ccccc3)cc2)c(-c2ccccc2)c1C(=O)O. The molecule has 30 heavy (non-hydrogen) atoms. The van der Waals surface area contributed by atoms with Gasteiger partial charge in [0.05, 0.1) is 11.4 Å². The lowest BCUT2D eigenvalue weighted by molar-refractivity contribution is 0.0648. The maximum atomic E-state index is 11.9. The Kier molecular flexibility index (Phi) is 5.00. The number of carboxylic acids is 2. The number of aromatic nitrogens is 2. The van der Waals surface area contributed by atoms with Crippen molar-refractivity contribution >= 4 is 11.9 Å². The number of benzene rings is 3. The highest BCUT2D eigenvalue weighted by molar-refractivity contribution is 6.05. The maximum absolute atomic E-state index is 11.9. The molecule has 0 aliphatic carbocycles. The van der Waals surface area contributed by atoms with Crippen LogP contribution < -0.4 is 4.74 Å². The van der Waals surface area contributed by atoms with Crippen molar-refractivity contribution in [1.29, 1.82) is 0 Å². The van der Waals surface area contributed by atoms with Crippen molar-refractivity contribution < 1.29 is 24.5 Å². The molecule has 4 aromatic rings. The van der Waals surface area contributed by atoms with Crippen LogP contribution in [-0.2, 0) is 0 Å². The second kappa shape index (κ2) is 7.92. The van der Waals surface area contributed by atoms with Crippen molar-refractivity contribution in [3.05, 3.63) is 96.2 Å². The highest BCUT2D eigenvalue weighted by Crippen LogP contribution is 2.30. The summed E-state index contributed by atoms with van der Waals surface area (Å²) in [5, 5.41) is 23.3. The van der Waals surface area contributed by atoms with Crippen LogP contribution in [0.25, 0.3) is 16.9 Å². The topological polar surface area (TPSA) is 102 Å². The van der Waals surface area contributed by atoms with E-state index in [0.717, 1.165) is 0 Å². The van der Waals surface area contributed by atoms with E-state index in [4.69, 9.17) is 4.74 Å². The molecule has 0 bridgehead atoms. The Labute approximate surface area is 171 Å². The molecule has 1 heterocycles. The van der Waals surface area contributed by atoms with Crippen molar-refractivity contribution in [2.45, 2.75) is 0 Å². The Morgan fingerprint density at radius 3 is 1.87 bits per heavy atom. The van der Waals surface area contributed by atoms with Crippen LogP contribution in [-0.4, -0.2) is 31.9 Å². The van der Waals surface area contributed by atoms with Gasteiger partial charge >= 0.3 is 11.9 Å². The lowest BCUT2D eigenvalue weighted by Gasteiger charge is -2.10. The average molecular weight is 400 g/mol. The number of ether oxygens (including phenoxy) is 1. The van der Waals surface area contributed by atoms with Gasteiger partial charge in [0.1, 0.15) is 17.1 Å². The van der Waals surface area contributed by atoms with E-state index in [1.54, 1.807) is 54.6 Å². The molecule has 0 aliphatic rings. The Morgan fingerprint density at radius 2 is 1.30 bits per heavy atom. The van der Waals surface area contributed by atoms with Gasteiger partial charge in [-0.15, -0.1) is 0 Å². The number of para-hydroxylation sites is 1. The minimum Gasteiger partial charge on any atom is -0.478 e. The van der Waals surface area contributed by atoms with Gasteiger partial charge in [0.15, 0.2) is 5.69 Å². The summed E-state index contributed by atoms with van der Waals surface area (Å²) in [6, 6.07) is 24.8. The van der Waals surface area contributed by atoms with Gasteiger partial charge in [-0.1, -0.05) is 48.5 Å². The quantitative estimate of drug-likeness (QED) is 0.485. The molecule has 4 rings (SSSR count). The predicted octanol–water partition coefficient (Wildman–Crippen LogP) is 4.73. The van der Waals surface area contributed by atoms with Gasteiger partial charge < -0.3 is 14.9 Å². The first-order valence-corrected chi connectivity index (χ1v) is 9.03. The molecule has 0 atom stereocenters. The Morgan fingerprint density at radius 1 is 0.733 bits per heavy atom. The minimum absolute atomic E-state index is 0.192. The van der Waals surface area contributed by atoms with Gasteiger partial charge in [-0.2, -0.15) is 5.10 Å². The fraction of sp³-hybridized carbons (Fsp3) is 0. The van der Waals surface area contributed by atoms with Crippen LogP contribution in [0.1, 0.15) is 20.8 Å². The van der Waals surface area contributed by atoms with Crippen LogP contribution >= 0.6 is 0 Å². The number of rotatable bonds is 6. The van der Waals surface area contributed by atoms with Gasteiger partial charge in [-0.05, 0) is 36.4 Å². The summed E-state index contributed by atoms with van der Waals surface area (Å²) >= 11 is 0. The van der Waals surface area contributed by atoms with Crippen LogP contribution in [0.2, 0.25) is 0 Å².